The number of nitrogens with zero attached hydrogens (tertiary/aromatic N) is 2. The summed E-state index contributed by atoms with van der Waals surface area (Å²) in [5.74, 6) is -1.44. The van der Waals surface area contributed by atoms with E-state index in [-0.39, 0.29) is 44.7 Å². The van der Waals surface area contributed by atoms with Crippen molar-refractivity contribution >= 4 is 18.2 Å². The van der Waals surface area contributed by atoms with Gasteiger partial charge in [0.2, 0.25) is 0 Å². The van der Waals surface area contributed by atoms with Gasteiger partial charge in [-0.15, -0.1) is 0 Å². The lowest BCUT2D eigenvalue weighted by molar-refractivity contribution is -0.144. The van der Waals surface area contributed by atoms with Crippen molar-refractivity contribution in [3.63, 3.8) is 0 Å². The lowest BCUT2D eigenvalue weighted by atomic mass is 9.98. The van der Waals surface area contributed by atoms with Crippen LogP contribution in [0.1, 0.15) is 34.1 Å². The number of hydrogen-bond donors (Lipinski definition) is 1. The van der Waals surface area contributed by atoms with E-state index >= 15 is 0 Å². The molecule has 1 atom stereocenters. The number of carbonyl (C=O) groups is 3. The van der Waals surface area contributed by atoms with Crippen LogP contribution < -0.4 is 0 Å². The Morgan fingerprint density at radius 3 is 1.42 bits per heavy atom. The Morgan fingerprint density at radius 1 is 0.605 bits per heavy atom. The SMILES string of the molecule is O=C(O)[C@H]1CN(C(=O)OCC2c3ccccc3-c3ccccc32)CCN1C(=O)OCC1c2ccccc2-c2ccccc21. The van der Waals surface area contributed by atoms with E-state index in [4.69, 9.17) is 9.47 Å². The number of ether oxygens (including phenoxy) is 2. The molecule has 2 aliphatic carbocycles. The molecular weight excluding hydrogens is 544 g/mol. The van der Waals surface area contributed by atoms with Crippen LogP contribution in [-0.2, 0) is 14.3 Å². The van der Waals surface area contributed by atoms with Crippen molar-refractivity contribution in [2.75, 3.05) is 32.8 Å². The lowest BCUT2D eigenvalue weighted by Crippen LogP contribution is -2.59. The first-order chi connectivity index (χ1) is 21.0. The van der Waals surface area contributed by atoms with Crippen molar-refractivity contribution in [1.82, 2.24) is 9.80 Å². The summed E-state index contributed by atoms with van der Waals surface area (Å²) in [5, 5.41) is 9.99. The maximum atomic E-state index is 13.2. The van der Waals surface area contributed by atoms with Gasteiger partial charge in [0.1, 0.15) is 13.2 Å². The molecule has 0 aromatic heterocycles. The molecule has 8 heteroatoms. The quantitative estimate of drug-likeness (QED) is 0.316. The van der Waals surface area contributed by atoms with Crippen LogP contribution >= 0.6 is 0 Å². The minimum atomic E-state index is -1.25. The fraction of sp³-hybridized carbons (Fsp3) is 0.229. The fourth-order valence-electron chi connectivity index (χ4n) is 6.74. The van der Waals surface area contributed by atoms with Crippen LogP contribution in [0.2, 0.25) is 0 Å². The molecule has 1 N–H and O–H groups in total. The monoisotopic (exact) mass is 574 g/mol. The van der Waals surface area contributed by atoms with Gasteiger partial charge in [-0.2, -0.15) is 0 Å². The highest BCUT2D eigenvalue weighted by molar-refractivity contribution is 5.83. The molecule has 1 heterocycles. The summed E-state index contributed by atoms with van der Waals surface area (Å²) in [4.78, 5) is 41.1. The molecule has 8 nitrogen and oxygen atoms in total. The first-order valence-corrected chi connectivity index (χ1v) is 14.5. The zero-order valence-electron chi connectivity index (χ0n) is 23.4. The molecule has 1 aliphatic heterocycles. The van der Waals surface area contributed by atoms with Crippen LogP contribution in [0.4, 0.5) is 9.59 Å². The van der Waals surface area contributed by atoms with Gasteiger partial charge in [-0.05, 0) is 44.5 Å². The molecule has 0 radical (unpaired) electrons. The van der Waals surface area contributed by atoms with Gasteiger partial charge in [0.05, 0.1) is 6.54 Å². The standard InChI is InChI=1S/C35H30N2O6/c38-33(39)32-19-36(34(40)42-20-30-26-13-5-1-9-22(26)23-10-2-6-14-27(23)30)17-18-37(32)35(41)43-21-31-28-15-7-3-11-24(28)25-12-4-8-16-29(25)31/h1-16,30-32H,17-21H2,(H,38,39)/t32-/m1/s1. The second-order valence-electron chi connectivity index (χ2n) is 11.1. The van der Waals surface area contributed by atoms with Crippen molar-refractivity contribution in [3.05, 3.63) is 119 Å². The minimum absolute atomic E-state index is 0.0256. The van der Waals surface area contributed by atoms with Gasteiger partial charge in [0.15, 0.2) is 6.04 Å². The third kappa shape index (κ3) is 4.69. The number of benzene rings is 4. The first-order valence-electron chi connectivity index (χ1n) is 14.5. The Morgan fingerprint density at radius 2 is 1.00 bits per heavy atom. The second-order valence-corrected chi connectivity index (χ2v) is 11.1. The van der Waals surface area contributed by atoms with E-state index in [1.807, 2.05) is 72.8 Å². The lowest BCUT2D eigenvalue weighted by Gasteiger charge is -2.38. The summed E-state index contributed by atoms with van der Waals surface area (Å²) >= 11 is 0. The van der Waals surface area contributed by atoms with Gasteiger partial charge in [-0.1, -0.05) is 97.1 Å². The number of carboxylic acid groups (broad SMARTS) is 1. The van der Waals surface area contributed by atoms with E-state index in [1.54, 1.807) is 0 Å². The van der Waals surface area contributed by atoms with Crippen molar-refractivity contribution < 1.29 is 29.0 Å². The van der Waals surface area contributed by atoms with Gasteiger partial charge in [-0.3, -0.25) is 4.90 Å². The fourth-order valence-corrected chi connectivity index (χ4v) is 6.74. The molecule has 7 rings (SSSR count). The van der Waals surface area contributed by atoms with E-state index in [0.717, 1.165) is 44.5 Å². The third-order valence-electron chi connectivity index (χ3n) is 8.83. The van der Waals surface area contributed by atoms with Crippen molar-refractivity contribution in [3.8, 4) is 22.3 Å². The average Bonchev–Trinajstić information content (AvgIpc) is 3.54. The molecule has 0 unspecified atom stereocenters. The van der Waals surface area contributed by atoms with Crippen LogP contribution in [0, 0.1) is 0 Å². The summed E-state index contributed by atoms with van der Waals surface area (Å²) in [7, 11) is 0. The molecule has 1 fully saturated rings. The molecule has 4 aromatic carbocycles. The van der Waals surface area contributed by atoms with E-state index in [1.165, 1.54) is 9.80 Å². The number of rotatable bonds is 5. The zero-order chi connectivity index (χ0) is 29.5. The number of fused-ring (bicyclic) bond motifs is 6. The summed E-state index contributed by atoms with van der Waals surface area (Å²) in [6.07, 6.45) is -1.30. The Kier molecular flexibility index (Phi) is 6.81. The van der Waals surface area contributed by atoms with Crippen LogP contribution in [0.5, 0.6) is 0 Å². The van der Waals surface area contributed by atoms with Gasteiger partial charge in [-0.25, -0.2) is 14.4 Å². The molecule has 43 heavy (non-hydrogen) atoms. The zero-order valence-corrected chi connectivity index (χ0v) is 23.4. The number of piperazine rings is 1. The number of aliphatic carboxylic acids is 1. The molecular formula is C35H30N2O6. The van der Waals surface area contributed by atoms with Crippen LogP contribution in [0.3, 0.4) is 0 Å². The largest absolute Gasteiger partial charge is 0.480 e. The van der Waals surface area contributed by atoms with Crippen LogP contribution in [0.15, 0.2) is 97.1 Å². The van der Waals surface area contributed by atoms with Crippen molar-refractivity contribution in [1.29, 1.82) is 0 Å². The van der Waals surface area contributed by atoms with Gasteiger partial charge < -0.3 is 19.5 Å². The van der Waals surface area contributed by atoms with Crippen LogP contribution in [0.25, 0.3) is 22.3 Å². The maximum Gasteiger partial charge on any atom is 0.410 e. The normalized spacial score (nSPS) is 17.1. The Labute approximate surface area is 249 Å². The Bertz CT molecular complexity index is 1640. The summed E-state index contributed by atoms with van der Waals surface area (Å²) in [6.45, 7) is 0.210. The number of carboxylic acids is 1. The molecule has 0 saturated carbocycles. The summed E-state index contributed by atoms with van der Waals surface area (Å²) in [6, 6.07) is 31.0. The third-order valence-corrected chi connectivity index (χ3v) is 8.83. The van der Waals surface area contributed by atoms with Crippen LogP contribution in [-0.4, -0.2) is 72.0 Å². The molecule has 0 bridgehead atoms. The molecule has 1 saturated heterocycles. The first kappa shape index (κ1) is 26.8. The minimum Gasteiger partial charge on any atom is -0.480 e. The second kappa shape index (κ2) is 10.9. The van der Waals surface area contributed by atoms with Gasteiger partial charge >= 0.3 is 18.2 Å². The molecule has 4 aromatic rings. The number of hydrogen-bond acceptors (Lipinski definition) is 5. The van der Waals surface area contributed by atoms with E-state index in [9.17, 15) is 19.5 Å². The van der Waals surface area contributed by atoms with E-state index in [2.05, 4.69) is 24.3 Å². The summed E-state index contributed by atoms with van der Waals surface area (Å²) in [5.41, 5.74) is 8.82. The smallest absolute Gasteiger partial charge is 0.410 e. The predicted octanol–water partition coefficient (Wildman–Crippen LogP) is 5.96. The molecule has 2 amide bonds. The van der Waals surface area contributed by atoms with E-state index < -0.39 is 24.2 Å². The van der Waals surface area contributed by atoms with Gasteiger partial charge in [0, 0.05) is 24.9 Å². The van der Waals surface area contributed by atoms with Crippen molar-refractivity contribution in [2.24, 2.45) is 0 Å². The summed E-state index contributed by atoms with van der Waals surface area (Å²) < 4.78 is 11.5. The topological polar surface area (TPSA) is 96.4 Å². The highest BCUT2D eigenvalue weighted by atomic mass is 16.6. The molecule has 216 valence electrons. The van der Waals surface area contributed by atoms with Gasteiger partial charge in [0.25, 0.3) is 0 Å². The number of amides is 2. The highest BCUT2D eigenvalue weighted by Gasteiger charge is 2.40. The predicted molar refractivity (Wildman–Crippen MR) is 160 cm³/mol. The van der Waals surface area contributed by atoms with E-state index in [0.29, 0.717) is 0 Å². The number of carbonyl (C=O) groups excluding carboxylic acids is 2. The Hall–Kier alpha value is -5.11. The maximum absolute atomic E-state index is 13.2. The molecule has 0 spiro atoms. The molecule has 3 aliphatic rings. The van der Waals surface area contributed by atoms with Crippen molar-refractivity contribution in [2.45, 2.75) is 17.9 Å². The highest BCUT2D eigenvalue weighted by Crippen LogP contribution is 2.45. The Balaban J connectivity index is 0.998. The average molecular weight is 575 g/mol.